The summed E-state index contributed by atoms with van der Waals surface area (Å²) in [5, 5.41) is 34.4. The summed E-state index contributed by atoms with van der Waals surface area (Å²) in [5.74, 6) is -2.93. The summed E-state index contributed by atoms with van der Waals surface area (Å²) in [5.41, 5.74) is 6.95. The number of carboxylic acids is 1. The van der Waals surface area contributed by atoms with Gasteiger partial charge in [-0.05, 0) is 24.1 Å². The topological polar surface area (TPSA) is 310 Å². The third kappa shape index (κ3) is 32.2. The number of aliphatic carboxylic acids is 1. The maximum atomic E-state index is 12.7. The fourth-order valence-electron chi connectivity index (χ4n) is 5.00. The number of carbonyl (C=O) groups is 5. The van der Waals surface area contributed by atoms with Crippen molar-refractivity contribution in [3.8, 4) is 0 Å². The molecule has 0 saturated heterocycles. The van der Waals surface area contributed by atoms with Crippen LogP contribution >= 0.6 is 0 Å². The molecule has 23 nitrogen and oxygen atoms in total. The molecule has 1 rings (SSSR count). The van der Waals surface area contributed by atoms with Crippen LogP contribution in [0.15, 0.2) is 18.2 Å². The first-order chi connectivity index (χ1) is 30.6. The highest BCUT2D eigenvalue weighted by Gasteiger charge is 2.24. The fourth-order valence-corrected chi connectivity index (χ4v) is 5.00. The number of nitrogens with one attached hydrogen (secondary N) is 3. The van der Waals surface area contributed by atoms with Gasteiger partial charge in [-0.3, -0.25) is 24.0 Å². The van der Waals surface area contributed by atoms with E-state index in [2.05, 4.69) is 20.7 Å². The second-order valence-electron chi connectivity index (χ2n) is 13.0. The number of methoxy groups -OCH3 is 1. The number of aliphatic hydroxyl groups excluding tert-OH is 2. The van der Waals surface area contributed by atoms with Gasteiger partial charge in [0.1, 0.15) is 12.2 Å². The Morgan fingerprint density at radius 2 is 1.06 bits per heavy atom. The summed E-state index contributed by atoms with van der Waals surface area (Å²) < 4.78 is 60.2. The average Bonchev–Trinajstić information content (AvgIpc) is 3.27. The molecule has 2 unspecified atom stereocenters. The van der Waals surface area contributed by atoms with E-state index in [1.165, 1.54) is 13.2 Å². The molecule has 0 fully saturated rings. The Morgan fingerprint density at radius 1 is 0.587 bits per heavy atom. The van der Waals surface area contributed by atoms with Crippen molar-refractivity contribution >= 4 is 35.3 Å². The summed E-state index contributed by atoms with van der Waals surface area (Å²) in [7, 11) is 1.27. The van der Waals surface area contributed by atoms with Crippen LogP contribution in [-0.4, -0.2) is 216 Å². The second-order valence-corrected chi connectivity index (χ2v) is 13.0. The molecule has 63 heavy (non-hydrogen) atoms. The van der Waals surface area contributed by atoms with E-state index in [1.807, 2.05) is 0 Å². The monoisotopic (exact) mass is 908 g/mol. The van der Waals surface area contributed by atoms with Gasteiger partial charge in [0.05, 0.1) is 159 Å². The van der Waals surface area contributed by atoms with Crippen LogP contribution in [0.3, 0.4) is 0 Å². The summed E-state index contributed by atoms with van der Waals surface area (Å²) in [6.07, 6.45) is -0.901. The Hall–Kier alpha value is -4.11. The molecule has 1 aromatic rings. The second kappa shape index (κ2) is 39.5. The van der Waals surface area contributed by atoms with Crippen molar-refractivity contribution in [2.75, 3.05) is 165 Å². The molecule has 0 aliphatic carbocycles. The molecule has 0 radical (unpaired) electrons. The lowest BCUT2D eigenvalue weighted by atomic mass is 10.0. The van der Waals surface area contributed by atoms with Crippen molar-refractivity contribution in [2.24, 2.45) is 0 Å². The van der Waals surface area contributed by atoms with E-state index >= 15 is 0 Å². The minimum atomic E-state index is -0.922. The van der Waals surface area contributed by atoms with Gasteiger partial charge in [-0.1, -0.05) is 6.07 Å². The number of amides is 3. The van der Waals surface area contributed by atoms with Crippen LogP contribution in [-0.2, 0) is 77.7 Å². The van der Waals surface area contributed by atoms with Crippen LogP contribution in [0.5, 0.6) is 0 Å². The number of benzene rings is 1. The van der Waals surface area contributed by atoms with Crippen LogP contribution in [0.1, 0.15) is 28.8 Å². The van der Waals surface area contributed by atoms with Crippen molar-refractivity contribution in [1.29, 1.82) is 0 Å². The zero-order valence-electron chi connectivity index (χ0n) is 36.2. The van der Waals surface area contributed by atoms with Crippen molar-refractivity contribution in [2.45, 2.75) is 31.5 Å². The van der Waals surface area contributed by atoms with Gasteiger partial charge in [-0.15, -0.1) is 0 Å². The van der Waals surface area contributed by atoms with Gasteiger partial charge in [0.25, 0.3) is 5.91 Å². The fraction of sp³-hybridized carbons (Fsp3) is 0.725. The Labute approximate surface area is 367 Å². The quantitative estimate of drug-likeness (QED) is 0.0206. The minimum absolute atomic E-state index is 0.0621. The van der Waals surface area contributed by atoms with Gasteiger partial charge in [0.15, 0.2) is 0 Å². The third-order valence-corrected chi connectivity index (χ3v) is 8.15. The van der Waals surface area contributed by atoms with E-state index in [1.54, 1.807) is 12.1 Å². The number of hydrogen-bond donors (Lipinski definition) is 7. The van der Waals surface area contributed by atoms with Crippen LogP contribution in [0, 0.1) is 0 Å². The number of ether oxygens (including phenoxy) is 11. The number of carbonyl (C=O) groups excluding carboxylic acids is 4. The highest BCUT2D eigenvalue weighted by Crippen LogP contribution is 2.16. The Kier molecular flexibility index (Phi) is 35.7. The number of aliphatic hydroxyl groups is 2. The number of carboxylic acid groups (broad SMARTS) is 1. The van der Waals surface area contributed by atoms with Gasteiger partial charge in [-0.25, -0.2) is 0 Å². The lowest BCUT2D eigenvalue weighted by Crippen LogP contribution is -2.42. The predicted octanol–water partition coefficient (Wildman–Crippen LogP) is -2.30. The first kappa shape index (κ1) is 56.9. The average molecular weight is 909 g/mol. The number of rotatable bonds is 43. The molecule has 0 aromatic heterocycles. The number of esters is 1. The number of aryl methyl sites for hydroxylation is 1. The third-order valence-electron chi connectivity index (χ3n) is 8.15. The number of hydrogen-bond acceptors (Lipinski definition) is 19. The highest BCUT2D eigenvalue weighted by atomic mass is 16.6. The maximum absolute atomic E-state index is 12.7. The standard InChI is InChI=1S/C40H68N4O19/c1-53-39(51)5-3-31-2-4-32(41)26-33(31)40(52)44-28-37(48)43-27-36(47)42-7-11-55-15-17-57-19-21-59-23-25-63-35(30-61-13-9-46)34(29-60-12-8-45)62-24-22-58-20-18-56-16-14-54-10-6-38(49)50/h2,4,26,34-35,45-46H,3,5-25,27-30,41H2,1H3,(H,42,47)(H,43,48)(H,44,52)(H,49,50). The minimum Gasteiger partial charge on any atom is -0.481 e. The van der Waals surface area contributed by atoms with E-state index < -0.39 is 41.9 Å². The molecule has 0 spiro atoms. The zero-order valence-corrected chi connectivity index (χ0v) is 36.2. The number of nitrogens with two attached hydrogens (primary N) is 1. The summed E-state index contributed by atoms with van der Waals surface area (Å²) in [6.45, 7) is 3.23. The number of nitrogen functional groups attached to an aromatic ring is 1. The molecule has 23 heteroatoms. The van der Waals surface area contributed by atoms with E-state index in [-0.39, 0.29) is 150 Å². The zero-order chi connectivity index (χ0) is 46.2. The van der Waals surface area contributed by atoms with E-state index in [9.17, 15) is 24.0 Å². The molecule has 0 bridgehead atoms. The predicted molar refractivity (Wildman–Crippen MR) is 222 cm³/mol. The van der Waals surface area contributed by atoms with Gasteiger partial charge < -0.3 is 89.1 Å². The molecule has 1 aromatic carbocycles. The Morgan fingerprint density at radius 3 is 1.57 bits per heavy atom. The summed E-state index contributed by atoms with van der Waals surface area (Å²) in [6, 6.07) is 4.69. The molecule has 3 amide bonds. The van der Waals surface area contributed by atoms with Crippen molar-refractivity contribution in [3.63, 3.8) is 0 Å². The molecule has 0 saturated carbocycles. The van der Waals surface area contributed by atoms with Gasteiger partial charge in [0, 0.05) is 24.2 Å². The van der Waals surface area contributed by atoms with Gasteiger partial charge in [-0.2, -0.15) is 0 Å². The molecular weight excluding hydrogens is 840 g/mol. The smallest absolute Gasteiger partial charge is 0.305 e. The molecule has 8 N–H and O–H groups in total. The lowest BCUT2D eigenvalue weighted by Gasteiger charge is -2.27. The lowest BCUT2D eigenvalue weighted by molar-refractivity contribution is -0.141. The van der Waals surface area contributed by atoms with Crippen LogP contribution in [0.2, 0.25) is 0 Å². The van der Waals surface area contributed by atoms with Crippen LogP contribution in [0.25, 0.3) is 0 Å². The van der Waals surface area contributed by atoms with Crippen molar-refractivity contribution < 1.29 is 91.4 Å². The molecule has 0 heterocycles. The number of anilines is 1. The van der Waals surface area contributed by atoms with E-state index in [0.29, 0.717) is 37.7 Å². The highest BCUT2D eigenvalue weighted by molar-refractivity contribution is 5.98. The van der Waals surface area contributed by atoms with E-state index in [4.69, 9.17) is 68.4 Å². The maximum Gasteiger partial charge on any atom is 0.305 e. The Balaban J connectivity index is 2.20. The molecule has 0 aliphatic rings. The molecule has 0 aliphatic heterocycles. The first-order valence-corrected chi connectivity index (χ1v) is 20.7. The van der Waals surface area contributed by atoms with Crippen molar-refractivity contribution in [3.05, 3.63) is 29.3 Å². The SMILES string of the molecule is COC(=O)CCc1ccc(N)cc1C(=O)NCC(=O)NCC(=O)NCCOCCOCCOCCOC(COCCO)C(COCCO)OCCOCCOCCOCCC(=O)O. The van der Waals surface area contributed by atoms with Crippen LogP contribution in [0.4, 0.5) is 5.69 Å². The summed E-state index contributed by atoms with van der Waals surface area (Å²) >= 11 is 0. The van der Waals surface area contributed by atoms with Crippen molar-refractivity contribution in [1.82, 2.24) is 16.0 Å². The molecule has 2 atom stereocenters. The van der Waals surface area contributed by atoms with E-state index in [0.717, 1.165) is 0 Å². The molecule has 362 valence electrons. The van der Waals surface area contributed by atoms with Gasteiger partial charge >= 0.3 is 11.9 Å². The first-order valence-electron chi connectivity index (χ1n) is 20.7. The van der Waals surface area contributed by atoms with Gasteiger partial charge in [0.2, 0.25) is 11.8 Å². The Bertz CT molecular complexity index is 1380. The normalized spacial score (nSPS) is 12.1. The molecular formula is C40H68N4O19. The van der Waals surface area contributed by atoms with Crippen LogP contribution < -0.4 is 21.7 Å². The largest absolute Gasteiger partial charge is 0.481 e. The summed E-state index contributed by atoms with van der Waals surface area (Å²) in [4.78, 5) is 59.0.